The summed E-state index contributed by atoms with van der Waals surface area (Å²) in [5, 5.41) is 0. The van der Waals surface area contributed by atoms with E-state index in [1.807, 2.05) is 0 Å². The van der Waals surface area contributed by atoms with Gasteiger partial charge in [0, 0.05) is 0 Å². The first-order valence-electron chi connectivity index (χ1n) is 13.6. The third-order valence-corrected chi connectivity index (χ3v) is 6.23. The molecule has 0 spiro atoms. The summed E-state index contributed by atoms with van der Waals surface area (Å²) in [5.41, 5.74) is 1.44. The molecule has 0 atom stereocenters. The van der Waals surface area contributed by atoms with Crippen LogP contribution >= 0.6 is 0 Å². The molecule has 0 aromatic heterocycles. The highest BCUT2D eigenvalue weighted by Crippen LogP contribution is 2.17. The highest BCUT2D eigenvalue weighted by molar-refractivity contribution is 5.28. The lowest BCUT2D eigenvalue weighted by atomic mass is 10.0. The molecule has 1 heteroatoms. The van der Waals surface area contributed by atoms with Gasteiger partial charge in [-0.3, -0.25) is 0 Å². The SMILES string of the molecule is CCCCCCCCCCCCCCCc1cccc(OCCCCCCCC)c1. The lowest BCUT2D eigenvalue weighted by molar-refractivity contribution is 0.304. The zero-order valence-corrected chi connectivity index (χ0v) is 20.6. The van der Waals surface area contributed by atoms with E-state index >= 15 is 0 Å². The Bertz CT molecular complexity index is 467. The fourth-order valence-corrected chi connectivity index (χ4v) is 4.21. The van der Waals surface area contributed by atoms with Gasteiger partial charge in [0.15, 0.2) is 0 Å². The number of hydrogen-bond donors (Lipinski definition) is 0. The van der Waals surface area contributed by atoms with Gasteiger partial charge in [-0.1, -0.05) is 135 Å². The third-order valence-electron chi connectivity index (χ3n) is 6.23. The Hall–Kier alpha value is -0.980. The number of rotatable bonds is 22. The standard InChI is InChI=1S/C29H52O/c1-3-5-7-9-11-12-13-14-15-16-17-18-20-23-28-24-22-25-29(27-28)30-26-21-19-10-8-6-4-2/h22,24-25,27H,3-21,23,26H2,1-2H3. The summed E-state index contributed by atoms with van der Waals surface area (Å²) in [4.78, 5) is 0. The molecule has 0 aliphatic rings. The fourth-order valence-electron chi connectivity index (χ4n) is 4.21. The minimum atomic E-state index is 0.869. The maximum absolute atomic E-state index is 5.97. The van der Waals surface area contributed by atoms with Crippen LogP contribution in [0.3, 0.4) is 0 Å². The predicted octanol–water partition coefficient (Wildman–Crippen LogP) is 10.1. The van der Waals surface area contributed by atoms with E-state index in [1.165, 1.54) is 134 Å². The van der Waals surface area contributed by atoms with E-state index in [2.05, 4.69) is 38.1 Å². The van der Waals surface area contributed by atoms with Crippen LogP contribution < -0.4 is 4.74 Å². The van der Waals surface area contributed by atoms with Gasteiger partial charge >= 0.3 is 0 Å². The zero-order valence-electron chi connectivity index (χ0n) is 20.6. The van der Waals surface area contributed by atoms with Crippen molar-refractivity contribution in [3.8, 4) is 5.75 Å². The molecule has 0 N–H and O–H groups in total. The topological polar surface area (TPSA) is 9.23 Å². The van der Waals surface area contributed by atoms with Gasteiger partial charge in [-0.25, -0.2) is 0 Å². The molecular weight excluding hydrogens is 364 g/mol. The lowest BCUT2D eigenvalue weighted by Gasteiger charge is -2.08. The van der Waals surface area contributed by atoms with Crippen molar-refractivity contribution >= 4 is 0 Å². The monoisotopic (exact) mass is 416 g/mol. The molecule has 0 saturated carbocycles. The molecule has 0 aliphatic carbocycles. The highest BCUT2D eigenvalue weighted by Gasteiger charge is 1.99. The molecule has 0 saturated heterocycles. The maximum Gasteiger partial charge on any atom is 0.119 e. The minimum absolute atomic E-state index is 0.869. The first-order chi connectivity index (χ1) is 14.9. The molecule has 1 rings (SSSR count). The summed E-state index contributed by atoms with van der Waals surface area (Å²) >= 11 is 0. The molecular formula is C29H52O. The van der Waals surface area contributed by atoms with Gasteiger partial charge in [0.1, 0.15) is 5.75 Å². The average Bonchev–Trinajstić information content (AvgIpc) is 2.76. The van der Waals surface area contributed by atoms with E-state index in [1.54, 1.807) is 0 Å². The molecule has 1 aromatic rings. The minimum Gasteiger partial charge on any atom is -0.494 e. The molecule has 30 heavy (non-hydrogen) atoms. The first kappa shape index (κ1) is 27.1. The van der Waals surface area contributed by atoms with Crippen LogP contribution in [0.4, 0.5) is 0 Å². The second kappa shape index (κ2) is 21.3. The maximum atomic E-state index is 5.97. The summed E-state index contributed by atoms with van der Waals surface area (Å²) in [6.45, 7) is 5.44. The largest absolute Gasteiger partial charge is 0.494 e. The van der Waals surface area contributed by atoms with Crippen molar-refractivity contribution in [1.82, 2.24) is 0 Å². The summed E-state index contributed by atoms with van der Waals surface area (Å²) in [5.74, 6) is 1.07. The Kier molecular flexibility index (Phi) is 19.2. The number of benzene rings is 1. The van der Waals surface area contributed by atoms with Crippen molar-refractivity contribution in [2.75, 3.05) is 6.61 Å². The van der Waals surface area contributed by atoms with Gasteiger partial charge in [-0.05, 0) is 37.0 Å². The second-order valence-corrected chi connectivity index (χ2v) is 9.26. The molecule has 1 nitrogen and oxygen atoms in total. The number of hydrogen-bond acceptors (Lipinski definition) is 1. The van der Waals surface area contributed by atoms with Crippen molar-refractivity contribution in [3.63, 3.8) is 0 Å². The molecule has 0 heterocycles. The number of ether oxygens (including phenoxy) is 1. The van der Waals surface area contributed by atoms with Crippen molar-refractivity contribution in [2.24, 2.45) is 0 Å². The van der Waals surface area contributed by atoms with Crippen LogP contribution in [0.5, 0.6) is 5.75 Å². The van der Waals surface area contributed by atoms with E-state index in [0.29, 0.717) is 0 Å². The molecule has 0 radical (unpaired) electrons. The smallest absolute Gasteiger partial charge is 0.119 e. The van der Waals surface area contributed by atoms with E-state index < -0.39 is 0 Å². The third kappa shape index (κ3) is 16.8. The van der Waals surface area contributed by atoms with Crippen LogP contribution in [0.15, 0.2) is 24.3 Å². The van der Waals surface area contributed by atoms with Gasteiger partial charge < -0.3 is 4.74 Å². The van der Waals surface area contributed by atoms with Crippen LogP contribution in [0.1, 0.15) is 141 Å². The summed E-state index contributed by atoms with van der Waals surface area (Å²) in [6, 6.07) is 8.80. The van der Waals surface area contributed by atoms with Crippen molar-refractivity contribution in [3.05, 3.63) is 29.8 Å². The van der Waals surface area contributed by atoms with E-state index in [-0.39, 0.29) is 0 Å². The van der Waals surface area contributed by atoms with Gasteiger partial charge in [-0.2, -0.15) is 0 Å². The quantitative estimate of drug-likeness (QED) is 0.171. The highest BCUT2D eigenvalue weighted by atomic mass is 16.5. The summed E-state index contributed by atoms with van der Waals surface area (Å²) in [6.07, 6.45) is 27.6. The first-order valence-corrected chi connectivity index (χ1v) is 13.6. The fraction of sp³-hybridized carbons (Fsp3) is 0.793. The van der Waals surface area contributed by atoms with Crippen molar-refractivity contribution < 1.29 is 4.74 Å². The Labute approximate surface area is 189 Å². The molecule has 0 unspecified atom stereocenters. The summed E-state index contributed by atoms with van der Waals surface area (Å²) in [7, 11) is 0. The van der Waals surface area contributed by atoms with Crippen molar-refractivity contribution in [1.29, 1.82) is 0 Å². The Balaban J connectivity index is 1.94. The van der Waals surface area contributed by atoms with Crippen LogP contribution in [-0.2, 0) is 6.42 Å². The number of aryl methyl sites for hydroxylation is 1. The van der Waals surface area contributed by atoms with Gasteiger partial charge in [-0.15, -0.1) is 0 Å². The zero-order chi connectivity index (χ0) is 21.5. The van der Waals surface area contributed by atoms with E-state index in [9.17, 15) is 0 Å². The number of unbranched alkanes of at least 4 members (excludes halogenated alkanes) is 17. The van der Waals surface area contributed by atoms with Gasteiger partial charge in [0.05, 0.1) is 6.61 Å². The Morgan fingerprint density at radius 1 is 0.533 bits per heavy atom. The van der Waals surface area contributed by atoms with Crippen LogP contribution in [0.25, 0.3) is 0 Å². The molecule has 0 bridgehead atoms. The van der Waals surface area contributed by atoms with Crippen LogP contribution in [0.2, 0.25) is 0 Å². The van der Waals surface area contributed by atoms with E-state index in [0.717, 1.165) is 12.4 Å². The van der Waals surface area contributed by atoms with Crippen LogP contribution in [0, 0.1) is 0 Å². The summed E-state index contributed by atoms with van der Waals surface area (Å²) < 4.78 is 5.97. The molecule has 174 valence electrons. The molecule has 0 fully saturated rings. The van der Waals surface area contributed by atoms with E-state index in [4.69, 9.17) is 4.74 Å². The van der Waals surface area contributed by atoms with Crippen molar-refractivity contribution in [2.45, 2.75) is 142 Å². The normalized spacial score (nSPS) is 11.1. The predicted molar refractivity (Wildman–Crippen MR) is 135 cm³/mol. The van der Waals surface area contributed by atoms with Gasteiger partial charge in [0.25, 0.3) is 0 Å². The molecule has 0 amide bonds. The van der Waals surface area contributed by atoms with Crippen LogP contribution in [-0.4, -0.2) is 6.61 Å². The Morgan fingerprint density at radius 2 is 1.00 bits per heavy atom. The van der Waals surface area contributed by atoms with Gasteiger partial charge in [0.2, 0.25) is 0 Å². The molecule has 0 aliphatic heterocycles. The lowest BCUT2D eigenvalue weighted by Crippen LogP contribution is -1.98. The average molecular weight is 417 g/mol. The Morgan fingerprint density at radius 3 is 1.53 bits per heavy atom. The molecule has 1 aromatic carbocycles. The second-order valence-electron chi connectivity index (χ2n) is 9.26.